The van der Waals surface area contributed by atoms with Crippen molar-refractivity contribution in [2.75, 3.05) is 20.2 Å². The van der Waals surface area contributed by atoms with E-state index in [4.69, 9.17) is 9.15 Å². The molecular formula is C20H30N4O3. The second kappa shape index (κ2) is 9.50. The summed E-state index contributed by atoms with van der Waals surface area (Å²) in [5, 5.41) is 11.1. The predicted octanol–water partition coefficient (Wildman–Crippen LogP) is 3.26. The minimum atomic E-state index is -0.248. The first-order valence-corrected chi connectivity index (χ1v) is 9.32. The van der Waals surface area contributed by atoms with Crippen LogP contribution in [-0.2, 0) is 11.3 Å². The molecule has 1 N–H and O–H groups in total. The van der Waals surface area contributed by atoms with Crippen LogP contribution in [0.15, 0.2) is 28.7 Å². The Hall–Kier alpha value is -2.41. The molecule has 2 rings (SSSR count). The van der Waals surface area contributed by atoms with Crippen molar-refractivity contribution in [1.82, 2.24) is 20.4 Å². The standard InChI is InChI=1S/C20H30N4O3/c1-6-7-12-26-16-10-8-15(9-11-16)19-23-22-18(27-19)14-24(5)13-17(25)21-20(2,3)4/h8-11H,6-7,12-14H2,1-5H3,(H,21,25). The number of aromatic nitrogens is 2. The Balaban J connectivity index is 1.89. The van der Waals surface area contributed by atoms with E-state index in [1.807, 2.05) is 57.0 Å². The topological polar surface area (TPSA) is 80.5 Å². The molecule has 1 heterocycles. The van der Waals surface area contributed by atoms with E-state index in [1.54, 1.807) is 0 Å². The number of rotatable bonds is 9. The summed E-state index contributed by atoms with van der Waals surface area (Å²) in [7, 11) is 1.84. The highest BCUT2D eigenvalue weighted by Crippen LogP contribution is 2.21. The maximum Gasteiger partial charge on any atom is 0.247 e. The largest absolute Gasteiger partial charge is 0.494 e. The van der Waals surface area contributed by atoms with Crippen LogP contribution in [0.4, 0.5) is 0 Å². The summed E-state index contributed by atoms with van der Waals surface area (Å²) in [6.45, 7) is 9.38. The Labute approximate surface area is 161 Å². The van der Waals surface area contributed by atoms with Gasteiger partial charge in [-0.3, -0.25) is 9.69 Å². The fourth-order valence-electron chi connectivity index (χ4n) is 2.45. The molecule has 1 amide bonds. The molecule has 7 heteroatoms. The van der Waals surface area contributed by atoms with Crippen molar-refractivity contribution < 1.29 is 13.9 Å². The molecule has 0 bridgehead atoms. The van der Waals surface area contributed by atoms with Crippen molar-refractivity contribution in [3.8, 4) is 17.2 Å². The molecule has 7 nitrogen and oxygen atoms in total. The van der Waals surface area contributed by atoms with E-state index < -0.39 is 0 Å². The van der Waals surface area contributed by atoms with Crippen LogP contribution < -0.4 is 10.1 Å². The zero-order valence-electron chi connectivity index (χ0n) is 16.9. The van der Waals surface area contributed by atoms with Gasteiger partial charge in [-0.05, 0) is 58.5 Å². The van der Waals surface area contributed by atoms with Gasteiger partial charge in [-0.15, -0.1) is 10.2 Å². The lowest BCUT2D eigenvalue weighted by Crippen LogP contribution is -2.45. The van der Waals surface area contributed by atoms with Gasteiger partial charge in [0.2, 0.25) is 17.7 Å². The van der Waals surface area contributed by atoms with Crippen molar-refractivity contribution in [2.45, 2.75) is 52.6 Å². The summed E-state index contributed by atoms with van der Waals surface area (Å²) >= 11 is 0. The lowest BCUT2D eigenvalue weighted by Gasteiger charge is -2.22. The fraction of sp³-hybridized carbons (Fsp3) is 0.550. The second-order valence-electron chi connectivity index (χ2n) is 7.70. The average Bonchev–Trinajstić information content (AvgIpc) is 3.02. The molecule has 0 saturated carbocycles. The first-order chi connectivity index (χ1) is 12.8. The fourth-order valence-corrected chi connectivity index (χ4v) is 2.45. The van der Waals surface area contributed by atoms with Crippen LogP contribution in [0.5, 0.6) is 5.75 Å². The zero-order chi connectivity index (χ0) is 19.9. The van der Waals surface area contributed by atoms with Crippen LogP contribution in [-0.4, -0.2) is 46.7 Å². The number of amides is 1. The molecule has 0 aliphatic rings. The normalized spacial score (nSPS) is 11.6. The summed E-state index contributed by atoms with van der Waals surface area (Å²) in [5.41, 5.74) is 0.590. The SMILES string of the molecule is CCCCOc1ccc(-c2nnc(CN(C)CC(=O)NC(C)(C)C)o2)cc1. The van der Waals surface area contributed by atoms with E-state index in [-0.39, 0.29) is 18.0 Å². The second-order valence-corrected chi connectivity index (χ2v) is 7.70. The molecular weight excluding hydrogens is 344 g/mol. The first kappa shape index (κ1) is 20.9. The highest BCUT2D eigenvalue weighted by atomic mass is 16.5. The summed E-state index contributed by atoms with van der Waals surface area (Å²) in [6, 6.07) is 7.60. The molecule has 0 saturated heterocycles. The summed E-state index contributed by atoms with van der Waals surface area (Å²) in [4.78, 5) is 13.8. The highest BCUT2D eigenvalue weighted by molar-refractivity contribution is 5.78. The van der Waals surface area contributed by atoms with Gasteiger partial charge in [0.25, 0.3) is 0 Å². The number of hydrogen-bond acceptors (Lipinski definition) is 6. The van der Waals surface area contributed by atoms with Crippen LogP contribution in [0.25, 0.3) is 11.5 Å². The van der Waals surface area contributed by atoms with Gasteiger partial charge in [0.1, 0.15) is 5.75 Å². The molecule has 1 aromatic carbocycles. The van der Waals surface area contributed by atoms with Crippen LogP contribution in [0, 0.1) is 0 Å². The molecule has 0 aliphatic carbocycles. The molecule has 0 radical (unpaired) electrons. The molecule has 0 unspecified atom stereocenters. The molecule has 0 spiro atoms. The lowest BCUT2D eigenvalue weighted by atomic mass is 10.1. The first-order valence-electron chi connectivity index (χ1n) is 9.32. The number of nitrogens with one attached hydrogen (secondary N) is 1. The molecule has 27 heavy (non-hydrogen) atoms. The lowest BCUT2D eigenvalue weighted by molar-refractivity contribution is -0.123. The number of unbranched alkanes of at least 4 members (excludes halogenated alkanes) is 1. The Kier molecular flexibility index (Phi) is 7.36. The van der Waals surface area contributed by atoms with Gasteiger partial charge >= 0.3 is 0 Å². The van der Waals surface area contributed by atoms with Gasteiger partial charge in [0.05, 0.1) is 19.7 Å². The third-order valence-corrected chi connectivity index (χ3v) is 3.67. The Morgan fingerprint density at radius 1 is 1.22 bits per heavy atom. The van der Waals surface area contributed by atoms with Gasteiger partial charge < -0.3 is 14.5 Å². The number of likely N-dealkylation sites (N-methyl/N-ethyl adjacent to an activating group) is 1. The molecule has 0 atom stereocenters. The summed E-state index contributed by atoms with van der Waals surface area (Å²) in [6.07, 6.45) is 2.14. The molecule has 148 valence electrons. The van der Waals surface area contributed by atoms with Crippen molar-refractivity contribution >= 4 is 5.91 Å². The third kappa shape index (κ3) is 7.38. The van der Waals surface area contributed by atoms with E-state index in [2.05, 4.69) is 22.4 Å². The van der Waals surface area contributed by atoms with Crippen molar-refractivity contribution in [3.63, 3.8) is 0 Å². The molecule has 1 aromatic heterocycles. The monoisotopic (exact) mass is 374 g/mol. The number of carbonyl (C=O) groups is 1. The van der Waals surface area contributed by atoms with Gasteiger partial charge in [0.15, 0.2) is 0 Å². The smallest absolute Gasteiger partial charge is 0.247 e. The Bertz CT molecular complexity index is 720. The maximum atomic E-state index is 12.0. The summed E-state index contributed by atoms with van der Waals surface area (Å²) < 4.78 is 11.4. The number of hydrogen-bond donors (Lipinski definition) is 1. The minimum absolute atomic E-state index is 0.0385. The van der Waals surface area contributed by atoms with Gasteiger partial charge in [-0.1, -0.05) is 13.3 Å². The van der Waals surface area contributed by atoms with Crippen LogP contribution in [0.2, 0.25) is 0 Å². The number of benzene rings is 1. The average molecular weight is 374 g/mol. The van der Waals surface area contributed by atoms with Gasteiger partial charge in [-0.25, -0.2) is 0 Å². The molecule has 2 aromatic rings. The minimum Gasteiger partial charge on any atom is -0.494 e. The van der Waals surface area contributed by atoms with Crippen molar-refractivity contribution in [3.05, 3.63) is 30.2 Å². The molecule has 0 fully saturated rings. The van der Waals surface area contributed by atoms with Gasteiger partial charge in [-0.2, -0.15) is 0 Å². The number of nitrogens with zero attached hydrogens (tertiary/aromatic N) is 3. The zero-order valence-corrected chi connectivity index (χ0v) is 16.9. The van der Waals surface area contributed by atoms with Crippen LogP contribution in [0.1, 0.15) is 46.4 Å². The van der Waals surface area contributed by atoms with E-state index in [0.717, 1.165) is 30.8 Å². The number of carbonyl (C=O) groups excluding carboxylic acids is 1. The van der Waals surface area contributed by atoms with Crippen molar-refractivity contribution in [1.29, 1.82) is 0 Å². The van der Waals surface area contributed by atoms with Gasteiger partial charge in [0, 0.05) is 11.1 Å². The van der Waals surface area contributed by atoms with Crippen molar-refractivity contribution in [2.24, 2.45) is 0 Å². The number of ether oxygens (including phenoxy) is 1. The van der Waals surface area contributed by atoms with E-state index in [9.17, 15) is 4.79 Å². The highest BCUT2D eigenvalue weighted by Gasteiger charge is 2.17. The van der Waals surface area contributed by atoms with E-state index in [0.29, 0.717) is 18.3 Å². The van der Waals surface area contributed by atoms with Crippen LogP contribution in [0.3, 0.4) is 0 Å². The van der Waals surface area contributed by atoms with E-state index in [1.165, 1.54) is 0 Å². The Morgan fingerprint density at radius 3 is 2.56 bits per heavy atom. The van der Waals surface area contributed by atoms with Crippen LogP contribution >= 0.6 is 0 Å². The third-order valence-electron chi connectivity index (χ3n) is 3.67. The maximum absolute atomic E-state index is 12.0. The van der Waals surface area contributed by atoms with E-state index >= 15 is 0 Å². The predicted molar refractivity (Wildman–Crippen MR) is 104 cm³/mol. The molecule has 0 aliphatic heterocycles. The summed E-state index contributed by atoms with van der Waals surface area (Å²) in [5.74, 6) is 1.72. The quantitative estimate of drug-likeness (QED) is 0.679. The Morgan fingerprint density at radius 2 is 1.93 bits per heavy atom.